The zero-order chi connectivity index (χ0) is 36.1. The normalized spacial score (nSPS) is 53.9. The van der Waals surface area contributed by atoms with Crippen molar-refractivity contribution < 1.29 is 49.0 Å². The van der Waals surface area contributed by atoms with E-state index in [1.54, 1.807) is 6.92 Å². The number of esters is 2. The number of allylic oxidation sites excluding steroid dienone is 2. The molecule has 4 N–H and O–H groups in total. The largest absolute Gasteiger partial charge is 0.469 e. The molecule has 0 aromatic carbocycles. The summed E-state index contributed by atoms with van der Waals surface area (Å²) in [7, 11) is 1.49. The molecule has 0 aromatic heterocycles. The lowest BCUT2D eigenvalue weighted by Crippen LogP contribution is -2.70. The minimum atomic E-state index is -1.46. The molecule has 278 valence electrons. The number of aliphatic hydroxyl groups is 4. The highest BCUT2D eigenvalue weighted by Crippen LogP contribution is 2.76. The molecule has 0 radical (unpaired) electrons. The predicted molar refractivity (Wildman–Crippen MR) is 181 cm³/mol. The average Bonchev–Trinajstić information content (AvgIpc) is 3.05. The summed E-state index contributed by atoms with van der Waals surface area (Å²) in [4.78, 5) is 25.2. The maximum absolute atomic E-state index is 13.1. The van der Waals surface area contributed by atoms with Crippen molar-refractivity contribution in [2.24, 2.45) is 50.2 Å². The molecule has 1 aliphatic heterocycles. The SMILES string of the molecule is COC(=O)[C@]1(C)CC[C@]2(C)CC[C@]3(C)C(=CC[C@@H]4[C@@]5(C)[C@@H](O[C@@H]6O[C@@H](C)[C@H](O)[C@@H](O)[C@H]6O)C[C@H](O)[C@@](C)(COC(C)=O)[C@@H]5CC[C@]43C)[C@@H]2C1. The summed E-state index contributed by atoms with van der Waals surface area (Å²) in [5.41, 5.74) is -0.527. The van der Waals surface area contributed by atoms with Gasteiger partial charge >= 0.3 is 11.9 Å². The summed E-state index contributed by atoms with van der Waals surface area (Å²) in [5, 5.41) is 44.0. The summed E-state index contributed by atoms with van der Waals surface area (Å²) in [6.45, 7) is 16.8. The van der Waals surface area contributed by atoms with Crippen LogP contribution in [0.2, 0.25) is 0 Å². The number of hydrogen-bond acceptors (Lipinski definition) is 10. The van der Waals surface area contributed by atoms with Gasteiger partial charge in [0.2, 0.25) is 0 Å². The number of methoxy groups -OCH3 is 1. The third-order valence-electron chi connectivity index (χ3n) is 16.1. The molecule has 4 saturated carbocycles. The van der Waals surface area contributed by atoms with Gasteiger partial charge in [0.1, 0.15) is 18.3 Å². The van der Waals surface area contributed by atoms with Crippen LogP contribution in [0.3, 0.4) is 0 Å². The van der Waals surface area contributed by atoms with Crippen molar-refractivity contribution in [1.82, 2.24) is 0 Å². The second kappa shape index (κ2) is 12.3. The van der Waals surface area contributed by atoms with E-state index in [9.17, 15) is 30.0 Å². The number of hydrogen-bond donors (Lipinski definition) is 4. The van der Waals surface area contributed by atoms with Crippen LogP contribution in [0.25, 0.3) is 0 Å². The van der Waals surface area contributed by atoms with Crippen LogP contribution >= 0.6 is 0 Å². The van der Waals surface area contributed by atoms with Crippen molar-refractivity contribution in [2.45, 2.75) is 156 Å². The molecule has 49 heavy (non-hydrogen) atoms. The number of fused-ring (bicyclic) bond motifs is 7. The highest BCUT2D eigenvalue weighted by molar-refractivity contribution is 5.76. The fraction of sp³-hybridized carbons (Fsp3) is 0.897. The lowest BCUT2D eigenvalue weighted by Gasteiger charge is -2.72. The summed E-state index contributed by atoms with van der Waals surface area (Å²) in [6.07, 6.45) is 2.43. The molecule has 0 spiro atoms. The minimum Gasteiger partial charge on any atom is -0.469 e. The van der Waals surface area contributed by atoms with Gasteiger partial charge in [0, 0.05) is 24.2 Å². The summed E-state index contributed by atoms with van der Waals surface area (Å²) < 4.78 is 23.7. The topological polar surface area (TPSA) is 152 Å². The molecule has 6 rings (SSSR count). The minimum absolute atomic E-state index is 0.0926. The van der Waals surface area contributed by atoms with Gasteiger partial charge in [-0.25, -0.2) is 0 Å². The number of rotatable bonds is 5. The van der Waals surface area contributed by atoms with Gasteiger partial charge in [0.15, 0.2) is 6.29 Å². The molecule has 0 aromatic rings. The fourth-order valence-electron chi connectivity index (χ4n) is 12.5. The average molecular weight is 691 g/mol. The lowest BCUT2D eigenvalue weighted by molar-refractivity contribution is -0.341. The van der Waals surface area contributed by atoms with Gasteiger partial charge in [-0.1, -0.05) is 46.3 Å². The maximum Gasteiger partial charge on any atom is 0.311 e. The number of aliphatic hydroxyl groups excluding tert-OH is 4. The molecule has 0 bridgehead atoms. The first-order valence-electron chi connectivity index (χ1n) is 18.7. The Labute approximate surface area is 292 Å². The van der Waals surface area contributed by atoms with Crippen molar-refractivity contribution in [3.8, 4) is 0 Å². The molecular formula is C39H62O10. The molecular weight excluding hydrogens is 628 g/mol. The molecule has 1 saturated heterocycles. The number of carbonyl (C=O) groups excluding carboxylic acids is 2. The Hall–Kier alpha value is -1.56. The van der Waals surface area contributed by atoms with E-state index in [4.69, 9.17) is 18.9 Å². The predicted octanol–water partition coefficient (Wildman–Crippen LogP) is 4.69. The Balaban J connectivity index is 1.43. The highest BCUT2D eigenvalue weighted by atomic mass is 16.7. The fourth-order valence-corrected chi connectivity index (χ4v) is 12.5. The molecule has 0 unspecified atom stereocenters. The molecule has 5 aliphatic carbocycles. The zero-order valence-electron chi connectivity index (χ0n) is 31.2. The van der Waals surface area contributed by atoms with Crippen LogP contribution in [0.5, 0.6) is 0 Å². The molecule has 5 fully saturated rings. The van der Waals surface area contributed by atoms with Crippen LogP contribution in [0, 0.1) is 50.2 Å². The first kappa shape index (κ1) is 37.2. The summed E-state index contributed by atoms with van der Waals surface area (Å²) >= 11 is 0. The van der Waals surface area contributed by atoms with Gasteiger partial charge in [-0.2, -0.15) is 0 Å². The van der Waals surface area contributed by atoms with Crippen molar-refractivity contribution in [2.75, 3.05) is 13.7 Å². The third-order valence-corrected chi connectivity index (χ3v) is 16.1. The van der Waals surface area contributed by atoms with E-state index in [1.165, 1.54) is 19.6 Å². The second-order valence-corrected chi connectivity index (χ2v) is 18.5. The first-order chi connectivity index (χ1) is 22.7. The Morgan fingerprint density at radius 1 is 0.918 bits per heavy atom. The molecule has 10 heteroatoms. The van der Waals surface area contributed by atoms with Gasteiger partial charge in [0.05, 0.1) is 37.4 Å². The first-order valence-corrected chi connectivity index (χ1v) is 18.7. The van der Waals surface area contributed by atoms with E-state index in [1.807, 2.05) is 6.92 Å². The molecule has 6 aliphatic rings. The quantitative estimate of drug-likeness (QED) is 0.236. The highest BCUT2D eigenvalue weighted by Gasteiger charge is 2.71. The molecule has 1 heterocycles. The van der Waals surface area contributed by atoms with E-state index in [0.29, 0.717) is 0 Å². The summed E-state index contributed by atoms with van der Waals surface area (Å²) in [6, 6.07) is 0. The smallest absolute Gasteiger partial charge is 0.311 e. The Bertz CT molecular complexity index is 1350. The van der Waals surface area contributed by atoms with E-state index in [2.05, 4.69) is 40.7 Å². The van der Waals surface area contributed by atoms with Crippen molar-refractivity contribution in [3.05, 3.63) is 11.6 Å². The Kier molecular flexibility index (Phi) is 9.31. The lowest BCUT2D eigenvalue weighted by atomic mass is 9.33. The Morgan fingerprint density at radius 3 is 2.24 bits per heavy atom. The van der Waals surface area contributed by atoms with E-state index >= 15 is 0 Å². The van der Waals surface area contributed by atoms with Crippen molar-refractivity contribution in [3.63, 3.8) is 0 Å². The zero-order valence-corrected chi connectivity index (χ0v) is 31.2. The number of ether oxygens (including phenoxy) is 4. The third kappa shape index (κ3) is 5.31. The van der Waals surface area contributed by atoms with Crippen LogP contribution in [-0.4, -0.2) is 89.0 Å². The van der Waals surface area contributed by atoms with Gasteiger partial charge in [-0.3, -0.25) is 9.59 Å². The van der Waals surface area contributed by atoms with Gasteiger partial charge in [-0.15, -0.1) is 0 Å². The van der Waals surface area contributed by atoms with Gasteiger partial charge in [-0.05, 0) is 99.2 Å². The monoisotopic (exact) mass is 690 g/mol. The van der Waals surface area contributed by atoms with Crippen LogP contribution in [-0.2, 0) is 28.5 Å². The van der Waals surface area contributed by atoms with Gasteiger partial charge in [0.25, 0.3) is 0 Å². The van der Waals surface area contributed by atoms with Crippen LogP contribution < -0.4 is 0 Å². The summed E-state index contributed by atoms with van der Waals surface area (Å²) in [5.74, 6) is -0.229. The van der Waals surface area contributed by atoms with Crippen LogP contribution in [0.15, 0.2) is 11.6 Å². The second-order valence-electron chi connectivity index (χ2n) is 18.5. The Morgan fingerprint density at radius 2 is 1.59 bits per heavy atom. The molecule has 10 nitrogen and oxygen atoms in total. The molecule has 16 atom stereocenters. The van der Waals surface area contributed by atoms with E-state index < -0.39 is 59.2 Å². The molecule has 0 amide bonds. The van der Waals surface area contributed by atoms with Crippen LogP contribution in [0.1, 0.15) is 113 Å². The van der Waals surface area contributed by atoms with Crippen molar-refractivity contribution >= 4 is 11.9 Å². The number of carbonyl (C=O) groups is 2. The standard InChI is InChI=1S/C39H62O10/c1-21-29(42)30(43)31(44)32(48-21)49-28-18-27(41)36(5,20-47-22(2)40)25-12-13-38(7)26(39(25,28)8)11-10-23-24-19-35(4,33(45)46-9)15-14-34(24,3)16-17-37(23,38)6/h10,21,24-32,41-44H,11-20H2,1-9H3/t21-,24-,25-,26-,27-,28-,29-,30+,31+,32-,34+,35+,36-,37+,38+,39-/m0/s1. The van der Waals surface area contributed by atoms with E-state index in [-0.39, 0.29) is 59.0 Å². The van der Waals surface area contributed by atoms with Crippen molar-refractivity contribution in [1.29, 1.82) is 0 Å². The maximum atomic E-state index is 13.1. The van der Waals surface area contributed by atoms with Gasteiger partial charge < -0.3 is 39.4 Å². The van der Waals surface area contributed by atoms with E-state index in [0.717, 1.165) is 51.4 Å². The van der Waals surface area contributed by atoms with Crippen LogP contribution in [0.4, 0.5) is 0 Å².